The summed E-state index contributed by atoms with van der Waals surface area (Å²) in [6.45, 7) is 5.60. The number of likely N-dealkylation sites (tertiary alicyclic amines) is 1. The fraction of sp³-hybridized carbons (Fsp3) is 0.350. The minimum Gasteiger partial charge on any atom is -0.490 e. The molecule has 1 aliphatic heterocycles. The molecule has 0 radical (unpaired) electrons. The third-order valence-electron chi connectivity index (χ3n) is 5.11. The molecule has 3 heterocycles. The van der Waals surface area contributed by atoms with Crippen LogP contribution in [0, 0.1) is 0 Å². The van der Waals surface area contributed by atoms with E-state index in [4.69, 9.17) is 16.3 Å². The molecule has 27 heavy (non-hydrogen) atoms. The monoisotopic (exact) mass is 513 g/mol. The van der Waals surface area contributed by atoms with Gasteiger partial charge in [0, 0.05) is 55.0 Å². The molecule has 2 aromatic heterocycles. The molecule has 7 heteroatoms. The summed E-state index contributed by atoms with van der Waals surface area (Å²) in [6.07, 6.45) is 4.26. The van der Waals surface area contributed by atoms with Gasteiger partial charge in [-0.1, -0.05) is 18.5 Å². The van der Waals surface area contributed by atoms with Crippen LogP contribution in [0.15, 0.2) is 42.6 Å². The number of ether oxygens (including phenoxy) is 1. The van der Waals surface area contributed by atoms with Crippen LogP contribution in [-0.2, 0) is 0 Å². The van der Waals surface area contributed by atoms with E-state index in [0.717, 1.165) is 65.5 Å². The summed E-state index contributed by atoms with van der Waals surface area (Å²) in [5.74, 6) is 0.939. The van der Waals surface area contributed by atoms with E-state index in [0.29, 0.717) is 6.10 Å². The maximum atomic E-state index is 6.35. The maximum Gasteiger partial charge on any atom is 0.152 e. The van der Waals surface area contributed by atoms with Crippen molar-refractivity contribution in [3.05, 3.63) is 47.6 Å². The van der Waals surface area contributed by atoms with Crippen molar-refractivity contribution >= 4 is 53.0 Å². The van der Waals surface area contributed by atoms with Gasteiger partial charge in [0.2, 0.25) is 0 Å². The van der Waals surface area contributed by atoms with Crippen molar-refractivity contribution in [1.29, 1.82) is 0 Å². The first-order valence-corrected chi connectivity index (χ1v) is 12.8. The Balaban J connectivity index is 1.54. The van der Waals surface area contributed by atoms with Crippen LogP contribution in [0.3, 0.4) is 0 Å². The van der Waals surface area contributed by atoms with Gasteiger partial charge in [-0.05, 0) is 61.3 Å². The van der Waals surface area contributed by atoms with Gasteiger partial charge >= 0.3 is 0 Å². The van der Waals surface area contributed by atoms with Crippen LogP contribution in [0.5, 0.6) is 5.75 Å². The number of benzene rings is 1. The number of nitrogens with zero attached hydrogens (tertiary/aromatic N) is 3. The minimum absolute atomic E-state index is 0.318. The van der Waals surface area contributed by atoms with Crippen molar-refractivity contribution in [1.82, 2.24) is 13.9 Å². The highest BCUT2D eigenvalue weighted by atomic mass is 127. The Morgan fingerprint density at radius 2 is 1.96 bits per heavy atom. The number of halogens is 2. The number of pyridine rings is 1. The first-order valence-electron chi connectivity index (χ1n) is 9.14. The standard InChI is InChI=1S/C20H21ClIN3OS/c1-2-24-11-8-16(9-12-24)26-15-5-3-14(4-6-15)19-13-17-18(21)7-10-23-20(17)25(19)27-22/h3-7,10,13,16H,2,8-9,11-12H2,1H3. The molecule has 0 spiro atoms. The summed E-state index contributed by atoms with van der Waals surface area (Å²) >= 11 is 8.63. The first-order chi connectivity index (χ1) is 13.2. The summed E-state index contributed by atoms with van der Waals surface area (Å²) in [7, 11) is 1.60. The second-order valence-corrected chi connectivity index (χ2v) is 8.79. The molecule has 4 rings (SSSR count). The maximum absolute atomic E-state index is 6.35. The Morgan fingerprint density at radius 1 is 1.22 bits per heavy atom. The zero-order valence-corrected chi connectivity index (χ0v) is 18.8. The Labute approximate surface area is 181 Å². The lowest BCUT2D eigenvalue weighted by molar-refractivity contribution is 0.104. The highest BCUT2D eigenvalue weighted by Gasteiger charge is 2.19. The number of hydrogen-bond donors (Lipinski definition) is 0. The van der Waals surface area contributed by atoms with Crippen LogP contribution in [0.2, 0.25) is 5.02 Å². The molecule has 1 aliphatic rings. The number of aromatic nitrogens is 2. The smallest absolute Gasteiger partial charge is 0.152 e. The van der Waals surface area contributed by atoms with Gasteiger partial charge in [-0.3, -0.25) is 3.97 Å². The average molecular weight is 514 g/mol. The molecule has 0 bridgehead atoms. The Hall–Kier alpha value is -0.960. The molecule has 0 saturated carbocycles. The van der Waals surface area contributed by atoms with E-state index in [2.05, 4.69) is 72.3 Å². The lowest BCUT2D eigenvalue weighted by atomic mass is 10.1. The lowest BCUT2D eigenvalue weighted by Crippen LogP contribution is -2.37. The van der Waals surface area contributed by atoms with Gasteiger partial charge in [0.15, 0.2) is 5.65 Å². The van der Waals surface area contributed by atoms with Crippen LogP contribution in [-0.4, -0.2) is 39.6 Å². The topological polar surface area (TPSA) is 30.3 Å². The van der Waals surface area contributed by atoms with Crippen LogP contribution >= 0.6 is 41.9 Å². The van der Waals surface area contributed by atoms with E-state index in [9.17, 15) is 0 Å². The fourth-order valence-corrected chi connectivity index (χ4v) is 5.39. The quantitative estimate of drug-likeness (QED) is 0.388. The first kappa shape index (κ1) is 19.4. The molecular weight excluding hydrogens is 493 g/mol. The van der Waals surface area contributed by atoms with Crippen LogP contribution in [0.4, 0.5) is 0 Å². The summed E-state index contributed by atoms with van der Waals surface area (Å²) in [6, 6.07) is 12.3. The van der Waals surface area contributed by atoms with E-state index in [-0.39, 0.29) is 0 Å². The molecule has 0 atom stereocenters. The second-order valence-electron chi connectivity index (χ2n) is 6.70. The Bertz CT molecular complexity index is 923. The van der Waals surface area contributed by atoms with E-state index in [1.54, 1.807) is 15.3 Å². The van der Waals surface area contributed by atoms with Crippen LogP contribution in [0.1, 0.15) is 19.8 Å². The molecular formula is C20H21ClIN3OS. The molecule has 3 aromatic rings. The SMILES string of the molecule is CCN1CCC(Oc2ccc(-c3cc4c(Cl)ccnc4n3SI)cc2)CC1. The molecule has 0 N–H and O–H groups in total. The highest BCUT2D eigenvalue weighted by Crippen LogP contribution is 2.36. The zero-order valence-electron chi connectivity index (χ0n) is 15.1. The molecule has 1 fully saturated rings. The van der Waals surface area contributed by atoms with E-state index < -0.39 is 0 Å². The van der Waals surface area contributed by atoms with Crippen molar-refractivity contribution in [2.75, 3.05) is 19.6 Å². The van der Waals surface area contributed by atoms with Gasteiger partial charge in [0.25, 0.3) is 0 Å². The second kappa shape index (κ2) is 8.59. The molecule has 142 valence electrons. The molecule has 1 saturated heterocycles. The van der Waals surface area contributed by atoms with Crippen molar-refractivity contribution in [3.8, 4) is 17.0 Å². The van der Waals surface area contributed by atoms with Gasteiger partial charge in [-0.25, -0.2) is 4.98 Å². The van der Waals surface area contributed by atoms with Crippen molar-refractivity contribution in [2.24, 2.45) is 0 Å². The normalized spacial score (nSPS) is 16.1. The van der Waals surface area contributed by atoms with Gasteiger partial charge < -0.3 is 9.64 Å². The largest absolute Gasteiger partial charge is 0.490 e. The molecule has 1 aromatic carbocycles. The minimum atomic E-state index is 0.318. The Morgan fingerprint density at radius 3 is 2.63 bits per heavy atom. The number of hydrogen-bond acceptors (Lipinski definition) is 4. The summed E-state index contributed by atoms with van der Waals surface area (Å²) in [4.78, 5) is 6.97. The van der Waals surface area contributed by atoms with E-state index in [1.807, 2.05) is 6.07 Å². The molecule has 4 nitrogen and oxygen atoms in total. The Kier molecular flexibility index (Phi) is 6.16. The van der Waals surface area contributed by atoms with Crippen LogP contribution in [0.25, 0.3) is 22.3 Å². The lowest BCUT2D eigenvalue weighted by Gasteiger charge is -2.31. The summed E-state index contributed by atoms with van der Waals surface area (Å²) < 4.78 is 8.31. The van der Waals surface area contributed by atoms with Gasteiger partial charge in [0.05, 0.1) is 10.7 Å². The fourth-order valence-electron chi connectivity index (χ4n) is 3.55. The van der Waals surface area contributed by atoms with Crippen molar-refractivity contribution in [2.45, 2.75) is 25.9 Å². The predicted molar refractivity (Wildman–Crippen MR) is 123 cm³/mol. The zero-order chi connectivity index (χ0) is 18.8. The highest BCUT2D eigenvalue weighted by molar-refractivity contribution is 14.2. The van der Waals surface area contributed by atoms with E-state index in [1.165, 1.54) is 0 Å². The van der Waals surface area contributed by atoms with Crippen molar-refractivity contribution in [3.63, 3.8) is 0 Å². The number of fused-ring (bicyclic) bond motifs is 1. The average Bonchev–Trinajstić information content (AvgIpc) is 3.09. The third kappa shape index (κ3) is 4.09. The summed E-state index contributed by atoms with van der Waals surface area (Å²) in [5, 5.41) is 1.70. The molecule has 0 amide bonds. The van der Waals surface area contributed by atoms with Gasteiger partial charge in [-0.15, -0.1) is 0 Å². The van der Waals surface area contributed by atoms with Crippen molar-refractivity contribution < 1.29 is 4.74 Å². The van der Waals surface area contributed by atoms with Gasteiger partial charge in [0.1, 0.15) is 11.9 Å². The van der Waals surface area contributed by atoms with Crippen LogP contribution < -0.4 is 4.74 Å². The van der Waals surface area contributed by atoms with Gasteiger partial charge in [-0.2, -0.15) is 0 Å². The third-order valence-corrected chi connectivity index (χ3v) is 7.13. The number of rotatable bonds is 5. The number of piperidine rings is 1. The van der Waals surface area contributed by atoms with E-state index >= 15 is 0 Å². The molecule has 0 aliphatic carbocycles. The molecule has 0 unspecified atom stereocenters. The summed E-state index contributed by atoms with van der Waals surface area (Å²) in [5.41, 5.74) is 3.11. The predicted octanol–water partition coefficient (Wildman–Crippen LogP) is 6.07.